The summed E-state index contributed by atoms with van der Waals surface area (Å²) < 4.78 is 0. The van der Waals surface area contributed by atoms with E-state index in [1.165, 1.54) is 0 Å². The Bertz CT molecular complexity index is 310. The van der Waals surface area contributed by atoms with Crippen LogP contribution in [0.1, 0.15) is 31.1 Å². The van der Waals surface area contributed by atoms with E-state index >= 15 is 0 Å². The number of nitrogens with two attached hydrogens (primary N) is 1. The third kappa shape index (κ3) is 2.25. The highest BCUT2D eigenvalue weighted by atomic mass is 16.3. The molecule has 0 aliphatic heterocycles. The molecule has 78 valence electrons. The maximum Gasteiger partial charge on any atom is 0.119 e. The van der Waals surface area contributed by atoms with E-state index in [1.807, 2.05) is 13.0 Å². The molecule has 0 saturated carbocycles. The second kappa shape index (κ2) is 4.44. The van der Waals surface area contributed by atoms with Crippen LogP contribution in [0, 0.1) is 0 Å². The monoisotopic (exact) mass is 195 g/mol. The van der Waals surface area contributed by atoms with Crippen LogP contribution in [0.4, 0.5) is 0 Å². The molecule has 0 fully saturated rings. The fraction of sp³-hybridized carbons (Fsp3) is 0.455. The molecule has 0 aromatic heterocycles. The maximum absolute atomic E-state index is 9.65. The molecule has 14 heavy (non-hydrogen) atoms. The molecular weight excluding hydrogens is 178 g/mol. The van der Waals surface area contributed by atoms with Gasteiger partial charge in [-0.05, 0) is 30.5 Å². The van der Waals surface area contributed by atoms with Crippen LogP contribution in [-0.2, 0) is 6.42 Å². The average Bonchev–Trinajstić information content (AvgIpc) is 2.16. The van der Waals surface area contributed by atoms with Crippen LogP contribution in [0.2, 0.25) is 0 Å². The van der Waals surface area contributed by atoms with E-state index in [0.29, 0.717) is 5.56 Å². The Morgan fingerprint density at radius 2 is 2.07 bits per heavy atom. The van der Waals surface area contributed by atoms with Crippen LogP contribution < -0.4 is 5.73 Å². The molecule has 0 radical (unpaired) electrons. The Morgan fingerprint density at radius 1 is 1.43 bits per heavy atom. The van der Waals surface area contributed by atoms with Crippen molar-refractivity contribution < 1.29 is 10.2 Å². The summed E-state index contributed by atoms with van der Waals surface area (Å²) >= 11 is 0. The van der Waals surface area contributed by atoms with Gasteiger partial charge in [-0.1, -0.05) is 19.1 Å². The molecule has 0 heterocycles. The number of hydrogen-bond donors (Lipinski definition) is 3. The summed E-state index contributed by atoms with van der Waals surface area (Å²) in [5.74, 6) is 0.227. The lowest BCUT2D eigenvalue weighted by Crippen LogP contribution is -2.24. The van der Waals surface area contributed by atoms with E-state index in [4.69, 9.17) is 5.73 Å². The molecular formula is C11H17NO2. The van der Waals surface area contributed by atoms with Gasteiger partial charge in [0, 0.05) is 6.04 Å². The normalized spacial score (nSPS) is 15.1. The van der Waals surface area contributed by atoms with Gasteiger partial charge in [-0.15, -0.1) is 0 Å². The van der Waals surface area contributed by atoms with E-state index in [-0.39, 0.29) is 11.8 Å². The van der Waals surface area contributed by atoms with E-state index in [9.17, 15) is 10.2 Å². The number of aliphatic hydroxyl groups is 1. The molecule has 0 bridgehead atoms. The lowest BCUT2D eigenvalue weighted by Gasteiger charge is -2.15. The van der Waals surface area contributed by atoms with E-state index in [1.54, 1.807) is 19.1 Å². The molecule has 0 aliphatic carbocycles. The first-order valence-electron chi connectivity index (χ1n) is 4.81. The number of phenols is 1. The van der Waals surface area contributed by atoms with Gasteiger partial charge in [0.05, 0.1) is 6.10 Å². The summed E-state index contributed by atoms with van der Waals surface area (Å²) in [6.07, 6.45) is 0.0622. The fourth-order valence-corrected chi connectivity index (χ4v) is 1.37. The number of aliphatic hydroxyl groups excluding tert-OH is 1. The van der Waals surface area contributed by atoms with Crippen molar-refractivity contribution in [3.05, 3.63) is 29.3 Å². The van der Waals surface area contributed by atoms with Crippen molar-refractivity contribution in [2.75, 3.05) is 0 Å². The van der Waals surface area contributed by atoms with Crippen molar-refractivity contribution in [2.45, 2.75) is 32.4 Å². The number of phenolic OH excluding ortho intramolecular Hbond substituents is 1. The zero-order valence-corrected chi connectivity index (χ0v) is 8.57. The lowest BCUT2D eigenvalue weighted by atomic mass is 10.0. The highest BCUT2D eigenvalue weighted by molar-refractivity contribution is 5.37. The molecule has 1 aromatic rings. The zero-order chi connectivity index (χ0) is 10.7. The minimum Gasteiger partial charge on any atom is -0.508 e. The second-order valence-electron chi connectivity index (χ2n) is 3.55. The van der Waals surface area contributed by atoms with Crippen molar-refractivity contribution in [1.82, 2.24) is 0 Å². The molecule has 3 heteroatoms. The van der Waals surface area contributed by atoms with E-state index in [2.05, 4.69) is 0 Å². The number of aryl methyl sites for hydroxylation is 1. The standard InChI is InChI=1S/C11H17NO2/c1-3-8-4-5-9(6-10(8)13)11(14)7(2)12/h4-7,11,13-14H,3,12H2,1-2H3. The third-order valence-corrected chi connectivity index (χ3v) is 2.33. The van der Waals surface area contributed by atoms with Crippen LogP contribution in [0.3, 0.4) is 0 Å². The van der Waals surface area contributed by atoms with E-state index in [0.717, 1.165) is 12.0 Å². The first-order chi connectivity index (χ1) is 6.56. The van der Waals surface area contributed by atoms with Gasteiger partial charge in [0.2, 0.25) is 0 Å². The van der Waals surface area contributed by atoms with Gasteiger partial charge in [0.15, 0.2) is 0 Å². The average molecular weight is 195 g/mol. The fourth-order valence-electron chi connectivity index (χ4n) is 1.37. The van der Waals surface area contributed by atoms with Crippen LogP contribution in [0.5, 0.6) is 5.75 Å². The van der Waals surface area contributed by atoms with Gasteiger partial charge in [-0.3, -0.25) is 0 Å². The van der Waals surface area contributed by atoms with Gasteiger partial charge in [0.25, 0.3) is 0 Å². The Balaban J connectivity index is 2.96. The van der Waals surface area contributed by atoms with Crippen LogP contribution in [0.15, 0.2) is 18.2 Å². The highest BCUT2D eigenvalue weighted by Gasteiger charge is 2.13. The van der Waals surface area contributed by atoms with Crippen molar-refractivity contribution in [3.8, 4) is 5.75 Å². The molecule has 0 amide bonds. The summed E-state index contributed by atoms with van der Waals surface area (Å²) in [7, 11) is 0. The third-order valence-electron chi connectivity index (χ3n) is 2.33. The molecule has 0 saturated heterocycles. The van der Waals surface area contributed by atoms with Gasteiger partial charge < -0.3 is 15.9 Å². The summed E-state index contributed by atoms with van der Waals surface area (Å²) in [5, 5.41) is 19.2. The van der Waals surface area contributed by atoms with Crippen LogP contribution in [0.25, 0.3) is 0 Å². The maximum atomic E-state index is 9.65. The molecule has 0 aliphatic rings. The van der Waals surface area contributed by atoms with Crippen LogP contribution >= 0.6 is 0 Å². The minimum absolute atomic E-state index is 0.227. The predicted molar refractivity (Wildman–Crippen MR) is 56.1 cm³/mol. The Morgan fingerprint density at radius 3 is 2.50 bits per heavy atom. The largest absolute Gasteiger partial charge is 0.508 e. The first kappa shape index (κ1) is 11.0. The summed E-state index contributed by atoms with van der Waals surface area (Å²) in [4.78, 5) is 0. The van der Waals surface area contributed by atoms with E-state index < -0.39 is 6.10 Å². The molecule has 4 N–H and O–H groups in total. The van der Waals surface area contributed by atoms with Gasteiger partial charge in [-0.25, -0.2) is 0 Å². The molecule has 0 spiro atoms. The number of rotatable bonds is 3. The molecule has 2 atom stereocenters. The summed E-state index contributed by atoms with van der Waals surface area (Å²) in [5.41, 5.74) is 7.10. The zero-order valence-electron chi connectivity index (χ0n) is 8.57. The molecule has 1 rings (SSSR count). The summed E-state index contributed by atoms with van der Waals surface area (Å²) in [6, 6.07) is 4.86. The minimum atomic E-state index is -0.716. The Kier molecular flexibility index (Phi) is 3.49. The predicted octanol–water partition coefficient (Wildman–Crippen LogP) is 1.34. The topological polar surface area (TPSA) is 66.5 Å². The SMILES string of the molecule is CCc1ccc(C(O)C(C)N)cc1O. The van der Waals surface area contributed by atoms with Crippen molar-refractivity contribution in [1.29, 1.82) is 0 Å². The quantitative estimate of drug-likeness (QED) is 0.681. The Hall–Kier alpha value is -1.06. The van der Waals surface area contributed by atoms with Gasteiger partial charge in [-0.2, -0.15) is 0 Å². The highest BCUT2D eigenvalue weighted by Crippen LogP contribution is 2.24. The van der Waals surface area contributed by atoms with Crippen LogP contribution in [-0.4, -0.2) is 16.3 Å². The molecule has 1 aromatic carbocycles. The van der Waals surface area contributed by atoms with Crippen molar-refractivity contribution in [2.24, 2.45) is 5.73 Å². The lowest BCUT2D eigenvalue weighted by molar-refractivity contribution is 0.153. The number of hydrogen-bond acceptors (Lipinski definition) is 3. The Labute approximate surface area is 84.2 Å². The number of aromatic hydroxyl groups is 1. The second-order valence-corrected chi connectivity index (χ2v) is 3.55. The molecule has 2 unspecified atom stereocenters. The van der Waals surface area contributed by atoms with Gasteiger partial charge >= 0.3 is 0 Å². The van der Waals surface area contributed by atoms with Crippen molar-refractivity contribution in [3.63, 3.8) is 0 Å². The summed E-state index contributed by atoms with van der Waals surface area (Å²) in [6.45, 7) is 3.70. The molecule has 3 nitrogen and oxygen atoms in total. The number of benzene rings is 1. The first-order valence-corrected chi connectivity index (χ1v) is 4.81. The van der Waals surface area contributed by atoms with Gasteiger partial charge in [0.1, 0.15) is 5.75 Å². The smallest absolute Gasteiger partial charge is 0.119 e. The van der Waals surface area contributed by atoms with Crippen molar-refractivity contribution >= 4 is 0 Å².